The average Bonchev–Trinajstić information content (AvgIpc) is 3.21. The number of benzene rings is 2. The molecule has 0 saturated heterocycles. The number of aryl methyl sites for hydroxylation is 1. The van der Waals surface area contributed by atoms with Gasteiger partial charge in [-0.1, -0.05) is 30.3 Å². The molecule has 8 nitrogen and oxygen atoms in total. The Labute approximate surface area is 192 Å². The van der Waals surface area contributed by atoms with Crippen molar-refractivity contribution in [1.82, 2.24) is 20.4 Å². The molecule has 4 rings (SSSR count). The maximum absolute atomic E-state index is 12.6. The fraction of sp³-hybridized carbons (Fsp3) is 0.280. The third-order valence-corrected chi connectivity index (χ3v) is 5.92. The second-order valence-electron chi connectivity index (χ2n) is 8.23. The van der Waals surface area contributed by atoms with Gasteiger partial charge < -0.3 is 16.0 Å². The van der Waals surface area contributed by atoms with Crippen LogP contribution in [0.25, 0.3) is 0 Å². The van der Waals surface area contributed by atoms with E-state index in [4.69, 9.17) is 0 Å². The highest BCUT2D eigenvalue weighted by Crippen LogP contribution is 2.29. The van der Waals surface area contributed by atoms with Crippen molar-refractivity contribution in [2.45, 2.75) is 38.3 Å². The Morgan fingerprint density at radius 3 is 2.64 bits per heavy atom. The van der Waals surface area contributed by atoms with Gasteiger partial charge in [-0.15, -0.1) is 0 Å². The molecule has 0 saturated carbocycles. The Hall–Kier alpha value is -3.94. The number of aromatic nitrogens is 2. The monoisotopic (exact) mass is 445 g/mol. The molecule has 2 unspecified atom stereocenters. The number of fused-ring (bicyclic) bond motifs is 1. The second kappa shape index (κ2) is 9.68. The molecule has 1 aliphatic carbocycles. The number of carbonyl (C=O) groups excluding carboxylic acids is 3. The van der Waals surface area contributed by atoms with E-state index in [-0.39, 0.29) is 11.9 Å². The van der Waals surface area contributed by atoms with E-state index in [2.05, 4.69) is 21.0 Å². The Morgan fingerprint density at radius 1 is 1.06 bits per heavy atom. The van der Waals surface area contributed by atoms with Gasteiger partial charge >= 0.3 is 11.8 Å². The van der Waals surface area contributed by atoms with E-state index in [1.165, 1.54) is 0 Å². The van der Waals surface area contributed by atoms with Crippen LogP contribution in [0.5, 0.6) is 0 Å². The zero-order valence-corrected chi connectivity index (χ0v) is 18.7. The highest BCUT2D eigenvalue weighted by Gasteiger charge is 2.27. The molecule has 0 radical (unpaired) electrons. The Morgan fingerprint density at radius 2 is 1.85 bits per heavy atom. The molecule has 2 atom stereocenters. The van der Waals surface area contributed by atoms with E-state index in [0.717, 1.165) is 36.1 Å². The van der Waals surface area contributed by atoms with Crippen molar-refractivity contribution in [3.8, 4) is 0 Å². The van der Waals surface area contributed by atoms with Crippen molar-refractivity contribution in [3.63, 3.8) is 0 Å². The molecule has 170 valence electrons. The molecule has 1 aliphatic rings. The minimum atomic E-state index is -0.697. The summed E-state index contributed by atoms with van der Waals surface area (Å²) in [5, 5.41) is 12.7. The summed E-state index contributed by atoms with van der Waals surface area (Å²) in [6.45, 7) is 1.79. The molecule has 8 heteroatoms. The van der Waals surface area contributed by atoms with Crippen LogP contribution in [0.4, 0.5) is 5.69 Å². The number of hydrogen-bond acceptors (Lipinski definition) is 4. The van der Waals surface area contributed by atoms with Gasteiger partial charge in [0.15, 0.2) is 0 Å². The minimum Gasteiger partial charge on any atom is -0.341 e. The molecular weight excluding hydrogens is 418 g/mol. The summed E-state index contributed by atoms with van der Waals surface area (Å²) in [5.41, 5.74) is 4.00. The lowest BCUT2D eigenvalue weighted by Crippen LogP contribution is -2.43. The number of nitrogens with zero attached hydrogens (tertiary/aromatic N) is 2. The van der Waals surface area contributed by atoms with E-state index in [9.17, 15) is 14.4 Å². The van der Waals surface area contributed by atoms with Gasteiger partial charge in [0.2, 0.25) is 0 Å². The second-order valence-corrected chi connectivity index (χ2v) is 8.23. The van der Waals surface area contributed by atoms with Gasteiger partial charge in [0, 0.05) is 29.6 Å². The van der Waals surface area contributed by atoms with E-state index < -0.39 is 17.9 Å². The molecule has 1 aromatic heterocycles. The first-order valence-electron chi connectivity index (χ1n) is 11.0. The van der Waals surface area contributed by atoms with Crippen molar-refractivity contribution in [2.75, 3.05) is 5.32 Å². The van der Waals surface area contributed by atoms with E-state index in [0.29, 0.717) is 11.3 Å². The zero-order valence-electron chi connectivity index (χ0n) is 18.7. The predicted molar refractivity (Wildman–Crippen MR) is 124 cm³/mol. The summed E-state index contributed by atoms with van der Waals surface area (Å²) < 4.78 is 1.82. The van der Waals surface area contributed by atoms with Crippen LogP contribution in [0.2, 0.25) is 0 Å². The molecule has 0 spiro atoms. The molecular formula is C25H27N5O3. The lowest BCUT2D eigenvalue weighted by atomic mass is 9.93. The fourth-order valence-electron chi connectivity index (χ4n) is 4.10. The van der Waals surface area contributed by atoms with Crippen molar-refractivity contribution < 1.29 is 14.4 Å². The van der Waals surface area contributed by atoms with Gasteiger partial charge in [-0.25, -0.2) is 0 Å². The normalized spacial score (nSPS) is 15.8. The van der Waals surface area contributed by atoms with Crippen LogP contribution in [0.3, 0.4) is 0 Å². The van der Waals surface area contributed by atoms with Crippen LogP contribution in [0.1, 0.15) is 59.0 Å². The Kier molecular flexibility index (Phi) is 6.53. The number of hydrogen-bond donors (Lipinski definition) is 3. The Balaban J connectivity index is 1.36. The van der Waals surface area contributed by atoms with Crippen LogP contribution < -0.4 is 16.0 Å². The number of carbonyl (C=O) groups is 3. The topological polar surface area (TPSA) is 105 Å². The molecule has 2 aromatic carbocycles. The van der Waals surface area contributed by atoms with E-state index >= 15 is 0 Å². The largest absolute Gasteiger partial charge is 0.341 e. The van der Waals surface area contributed by atoms with Crippen molar-refractivity contribution in [3.05, 3.63) is 83.2 Å². The maximum atomic E-state index is 12.6. The van der Waals surface area contributed by atoms with Crippen LogP contribution >= 0.6 is 0 Å². The Bertz CT molecular complexity index is 1170. The number of amides is 3. The first kappa shape index (κ1) is 22.3. The fourth-order valence-corrected chi connectivity index (χ4v) is 4.10. The molecule has 3 aromatic rings. The summed E-state index contributed by atoms with van der Waals surface area (Å²) in [7, 11) is 1.88. The summed E-state index contributed by atoms with van der Waals surface area (Å²) in [5.74, 6) is -1.58. The third kappa shape index (κ3) is 5.11. The van der Waals surface area contributed by atoms with Crippen LogP contribution in [0.15, 0.2) is 60.8 Å². The molecule has 33 heavy (non-hydrogen) atoms. The first-order chi connectivity index (χ1) is 15.9. The average molecular weight is 446 g/mol. The maximum Gasteiger partial charge on any atom is 0.309 e. The van der Waals surface area contributed by atoms with Gasteiger partial charge in [-0.2, -0.15) is 5.10 Å². The smallest absolute Gasteiger partial charge is 0.309 e. The van der Waals surface area contributed by atoms with Crippen LogP contribution in [0, 0.1) is 0 Å². The highest BCUT2D eigenvalue weighted by molar-refractivity contribution is 6.35. The highest BCUT2D eigenvalue weighted by atomic mass is 16.2. The lowest BCUT2D eigenvalue weighted by Gasteiger charge is -2.24. The summed E-state index contributed by atoms with van der Waals surface area (Å²) in [6.07, 6.45) is 4.38. The third-order valence-electron chi connectivity index (χ3n) is 5.92. The molecule has 3 N–H and O–H groups in total. The van der Waals surface area contributed by atoms with Crippen molar-refractivity contribution >= 4 is 23.4 Å². The standard InChI is InChI=1S/C25H27N5O3/c1-16(18-10-6-11-19(14-18)28-23(31)17-8-4-3-5-9-17)27-24(32)25(33)29-21-12-7-13-22-20(21)15-26-30(22)2/h3-6,8-11,14-16,21H,7,12-13H2,1-2H3,(H,27,32)(H,28,31)(H,29,33). The molecule has 0 fully saturated rings. The molecule has 0 bridgehead atoms. The number of anilines is 1. The van der Waals surface area contributed by atoms with Gasteiger partial charge in [-0.3, -0.25) is 19.1 Å². The predicted octanol–water partition coefficient (Wildman–Crippen LogP) is 3.04. The molecule has 0 aliphatic heterocycles. The van der Waals surface area contributed by atoms with Crippen molar-refractivity contribution in [2.24, 2.45) is 7.05 Å². The van der Waals surface area contributed by atoms with E-state index in [1.54, 1.807) is 55.6 Å². The first-order valence-corrected chi connectivity index (χ1v) is 11.0. The summed E-state index contributed by atoms with van der Waals surface area (Å²) in [6, 6.07) is 15.5. The molecule has 3 amide bonds. The minimum absolute atomic E-state index is 0.215. The summed E-state index contributed by atoms with van der Waals surface area (Å²) in [4.78, 5) is 37.5. The van der Waals surface area contributed by atoms with Crippen LogP contribution in [-0.2, 0) is 23.1 Å². The lowest BCUT2D eigenvalue weighted by molar-refractivity contribution is -0.140. The zero-order chi connectivity index (χ0) is 23.4. The molecule has 1 heterocycles. The van der Waals surface area contributed by atoms with Crippen LogP contribution in [-0.4, -0.2) is 27.5 Å². The quantitative estimate of drug-likeness (QED) is 0.525. The number of rotatable bonds is 5. The SMILES string of the molecule is CC(NC(=O)C(=O)NC1CCCc2c1cnn2C)c1cccc(NC(=O)c2ccccc2)c1. The van der Waals surface area contributed by atoms with Gasteiger partial charge in [-0.05, 0) is 56.0 Å². The van der Waals surface area contributed by atoms with Gasteiger partial charge in [0.25, 0.3) is 5.91 Å². The van der Waals surface area contributed by atoms with Gasteiger partial charge in [0.1, 0.15) is 0 Å². The van der Waals surface area contributed by atoms with Gasteiger partial charge in [0.05, 0.1) is 18.3 Å². The number of nitrogens with one attached hydrogen (secondary N) is 3. The summed E-state index contributed by atoms with van der Waals surface area (Å²) >= 11 is 0. The van der Waals surface area contributed by atoms with E-state index in [1.807, 2.05) is 23.9 Å². The van der Waals surface area contributed by atoms with Crippen molar-refractivity contribution in [1.29, 1.82) is 0 Å².